The quantitative estimate of drug-likeness (QED) is 0.731. The largest absolute Gasteiger partial charge is 0.467 e. The van der Waals surface area contributed by atoms with Crippen LogP contribution in [0.4, 0.5) is 0 Å². The van der Waals surface area contributed by atoms with E-state index in [1.807, 2.05) is 36.4 Å². The average Bonchev–Trinajstić information content (AvgIpc) is 3.10. The van der Waals surface area contributed by atoms with Gasteiger partial charge in [-0.15, -0.1) is 0 Å². The number of carbonyl (C=O) groups is 1. The molecule has 1 aromatic heterocycles. The topological polar surface area (TPSA) is 72.6 Å². The third-order valence-corrected chi connectivity index (χ3v) is 3.78. The maximum absolute atomic E-state index is 12.2. The van der Waals surface area contributed by atoms with Gasteiger partial charge in [0.05, 0.1) is 19.7 Å². The van der Waals surface area contributed by atoms with E-state index in [9.17, 15) is 9.90 Å². The first kappa shape index (κ1) is 16.0. The molecular formula is C19H17NO4. The second-order valence-electron chi connectivity index (χ2n) is 5.39. The average molecular weight is 323 g/mol. The van der Waals surface area contributed by atoms with E-state index in [4.69, 9.17) is 9.15 Å². The normalized spacial score (nSPS) is 13.2. The fraction of sp³-hybridized carbons (Fsp3) is 0.158. The van der Waals surface area contributed by atoms with Crippen LogP contribution < -0.4 is 0 Å². The molecular weight excluding hydrogens is 306 g/mol. The zero-order valence-electron chi connectivity index (χ0n) is 13.2. The molecule has 5 nitrogen and oxygen atoms in total. The Bertz CT molecular complexity index is 814. The Morgan fingerprint density at radius 1 is 1.12 bits per heavy atom. The lowest BCUT2D eigenvalue weighted by atomic mass is 9.89. The van der Waals surface area contributed by atoms with Gasteiger partial charge < -0.3 is 14.3 Å². The van der Waals surface area contributed by atoms with E-state index < -0.39 is 11.6 Å². The number of hydrogen-bond donors (Lipinski definition) is 1. The number of rotatable bonds is 5. The lowest BCUT2D eigenvalue weighted by Crippen LogP contribution is -2.38. The number of nitrogens with zero attached hydrogens (tertiary/aromatic N) is 1. The molecule has 1 heterocycles. The number of oxazole rings is 1. The van der Waals surface area contributed by atoms with Gasteiger partial charge in [-0.25, -0.2) is 9.78 Å². The van der Waals surface area contributed by atoms with Gasteiger partial charge >= 0.3 is 5.97 Å². The summed E-state index contributed by atoms with van der Waals surface area (Å²) in [4.78, 5) is 16.4. The van der Waals surface area contributed by atoms with Crippen molar-refractivity contribution < 1.29 is 19.1 Å². The maximum Gasteiger partial charge on any atom is 0.343 e. The molecule has 3 aromatic rings. The van der Waals surface area contributed by atoms with Crippen LogP contribution >= 0.6 is 0 Å². The van der Waals surface area contributed by atoms with Crippen molar-refractivity contribution >= 4 is 5.97 Å². The van der Waals surface area contributed by atoms with Gasteiger partial charge in [0.15, 0.2) is 5.60 Å². The number of carbonyl (C=O) groups excluding carboxylic acids is 1. The van der Waals surface area contributed by atoms with Crippen LogP contribution in [-0.2, 0) is 21.6 Å². The number of methoxy groups -OCH3 is 1. The summed E-state index contributed by atoms with van der Waals surface area (Å²) in [6.07, 6.45) is 1.45. The summed E-state index contributed by atoms with van der Waals surface area (Å²) >= 11 is 0. The van der Waals surface area contributed by atoms with Crippen molar-refractivity contribution in [3.63, 3.8) is 0 Å². The highest BCUT2D eigenvalue weighted by Crippen LogP contribution is 2.29. The van der Waals surface area contributed by atoms with E-state index in [1.54, 1.807) is 24.3 Å². The zero-order chi connectivity index (χ0) is 17.0. The summed E-state index contributed by atoms with van der Waals surface area (Å²) in [6.45, 7) is 0. The van der Waals surface area contributed by atoms with E-state index in [0.717, 1.165) is 5.56 Å². The molecule has 0 aliphatic heterocycles. The molecule has 1 N–H and O–H groups in total. The zero-order valence-corrected chi connectivity index (χ0v) is 13.2. The van der Waals surface area contributed by atoms with Crippen LogP contribution in [0.5, 0.6) is 0 Å². The van der Waals surface area contributed by atoms with Crippen molar-refractivity contribution in [3.8, 4) is 11.5 Å². The molecule has 0 spiro atoms. The summed E-state index contributed by atoms with van der Waals surface area (Å²) in [6, 6.07) is 18.1. The molecule has 0 aliphatic rings. The Labute approximate surface area is 139 Å². The number of hydrogen-bond acceptors (Lipinski definition) is 5. The number of esters is 1. The molecule has 0 fully saturated rings. The predicted molar refractivity (Wildman–Crippen MR) is 88.0 cm³/mol. The van der Waals surface area contributed by atoms with Gasteiger partial charge in [-0.05, 0) is 17.7 Å². The molecule has 0 bridgehead atoms. The molecule has 5 heteroatoms. The Hall–Kier alpha value is -2.92. The van der Waals surface area contributed by atoms with Crippen molar-refractivity contribution in [2.24, 2.45) is 0 Å². The van der Waals surface area contributed by atoms with E-state index in [2.05, 4.69) is 4.98 Å². The van der Waals surface area contributed by atoms with Gasteiger partial charge in [-0.2, -0.15) is 0 Å². The standard InChI is InChI=1S/C19H17NO4/c1-23-18(21)19(22,15-10-6-3-7-11-15)12-16-13-20-17(24-16)14-8-4-2-5-9-14/h2-11,13,22H,12H2,1H3/t19-/m0/s1. The second kappa shape index (κ2) is 6.68. The summed E-state index contributed by atoms with van der Waals surface area (Å²) in [5.41, 5.74) is -0.566. The number of benzene rings is 2. The van der Waals surface area contributed by atoms with Crippen LogP contribution in [0.1, 0.15) is 11.3 Å². The molecule has 0 saturated heterocycles. The summed E-state index contributed by atoms with van der Waals surface area (Å²) < 4.78 is 10.5. The maximum atomic E-state index is 12.2. The second-order valence-corrected chi connectivity index (χ2v) is 5.39. The molecule has 3 rings (SSSR count). The number of aromatic nitrogens is 1. The van der Waals surface area contributed by atoms with Gasteiger partial charge in [0.1, 0.15) is 5.76 Å². The van der Waals surface area contributed by atoms with Crippen LogP contribution in [0.3, 0.4) is 0 Å². The Morgan fingerprint density at radius 2 is 1.75 bits per heavy atom. The smallest absolute Gasteiger partial charge is 0.343 e. The van der Waals surface area contributed by atoms with E-state index >= 15 is 0 Å². The molecule has 122 valence electrons. The highest BCUT2D eigenvalue weighted by Gasteiger charge is 2.40. The van der Waals surface area contributed by atoms with Crippen LogP contribution in [-0.4, -0.2) is 23.2 Å². The fourth-order valence-corrected chi connectivity index (χ4v) is 2.53. The van der Waals surface area contributed by atoms with Gasteiger partial charge in [0.25, 0.3) is 0 Å². The van der Waals surface area contributed by atoms with Crippen LogP contribution in [0, 0.1) is 0 Å². The first-order chi connectivity index (χ1) is 11.6. The first-order valence-corrected chi connectivity index (χ1v) is 7.50. The minimum absolute atomic E-state index is 0.0660. The van der Waals surface area contributed by atoms with Crippen molar-refractivity contribution in [2.45, 2.75) is 12.0 Å². The highest BCUT2D eigenvalue weighted by atomic mass is 16.5. The van der Waals surface area contributed by atoms with Gasteiger partial charge in [0, 0.05) is 5.56 Å². The van der Waals surface area contributed by atoms with E-state index in [-0.39, 0.29) is 6.42 Å². The van der Waals surface area contributed by atoms with Crippen LogP contribution in [0.2, 0.25) is 0 Å². The lowest BCUT2D eigenvalue weighted by molar-refractivity contribution is -0.163. The molecule has 0 unspecified atom stereocenters. The Balaban J connectivity index is 1.92. The van der Waals surface area contributed by atoms with Crippen molar-refractivity contribution in [1.82, 2.24) is 4.98 Å². The molecule has 0 amide bonds. The summed E-state index contributed by atoms with van der Waals surface area (Å²) in [7, 11) is 1.24. The minimum atomic E-state index is -1.83. The third kappa shape index (κ3) is 3.07. The number of aliphatic hydroxyl groups is 1. The monoisotopic (exact) mass is 323 g/mol. The van der Waals surface area contributed by atoms with Crippen LogP contribution in [0.15, 0.2) is 71.3 Å². The highest BCUT2D eigenvalue weighted by molar-refractivity contribution is 5.81. The van der Waals surface area contributed by atoms with Gasteiger partial charge in [0.2, 0.25) is 5.89 Å². The molecule has 24 heavy (non-hydrogen) atoms. The molecule has 0 radical (unpaired) electrons. The molecule has 1 atom stereocenters. The summed E-state index contributed by atoms with van der Waals surface area (Å²) in [5, 5.41) is 10.9. The van der Waals surface area contributed by atoms with Crippen molar-refractivity contribution in [1.29, 1.82) is 0 Å². The first-order valence-electron chi connectivity index (χ1n) is 7.50. The lowest BCUT2D eigenvalue weighted by Gasteiger charge is -2.24. The van der Waals surface area contributed by atoms with Gasteiger partial charge in [-0.1, -0.05) is 48.5 Å². The third-order valence-electron chi connectivity index (χ3n) is 3.78. The SMILES string of the molecule is COC(=O)[C@](O)(Cc1cnc(-c2ccccc2)o1)c1ccccc1. The van der Waals surface area contributed by atoms with Gasteiger partial charge in [-0.3, -0.25) is 0 Å². The Morgan fingerprint density at radius 3 is 2.38 bits per heavy atom. The number of ether oxygens (including phenoxy) is 1. The van der Waals surface area contributed by atoms with Crippen molar-refractivity contribution in [3.05, 3.63) is 78.2 Å². The summed E-state index contributed by atoms with van der Waals surface area (Å²) in [5.74, 6) is 0.0860. The molecule has 0 saturated carbocycles. The minimum Gasteiger partial charge on any atom is -0.467 e. The van der Waals surface area contributed by atoms with E-state index in [0.29, 0.717) is 17.2 Å². The van der Waals surface area contributed by atoms with Crippen molar-refractivity contribution in [2.75, 3.05) is 7.11 Å². The molecule has 2 aromatic carbocycles. The molecule has 0 aliphatic carbocycles. The van der Waals surface area contributed by atoms with E-state index in [1.165, 1.54) is 13.3 Å². The fourth-order valence-electron chi connectivity index (χ4n) is 2.53. The Kier molecular flexibility index (Phi) is 4.44. The predicted octanol–water partition coefficient (Wildman–Crippen LogP) is 2.94. The van der Waals surface area contributed by atoms with Crippen LogP contribution in [0.25, 0.3) is 11.5 Å².